The number of hydrogen-bond acceptors (Lipinski definition) is 6. The number of para-hydroxylation sites is 1. The van der Waals surface area contributed by atoms with Gasteiger partial charge >= 0.3 is 0 Å². The van der Waals surface area contributed by atoms with Gasteiger partial charge in [0, 0.05) is 18.2 Å². The Labute approximate surface area is 194 Å². The third kappa shape index (κ3) is 3.68. The summed E-state index contributed by atoms with van der Waals surface area (Å²) >= 11 is 0. The number of methoxy groups -OCH3 is 1. The Kier molecular flexibility index (Phi) is 5.72. The van der Waals surface area contributed by atoms with Gasteiger partial charge in [-0.15, -0.1) is 0 Å². The smallest absolute Gasteiger partial charge is 0.280 e. The van der Waals surface area contributed by atoms with E-state index in [2.05, 4.69) is 15.2 Å². The molecular formula is C24H23F2N5O3. The normalized spacial score (nSPS) is 16.0. The van der Waals surface area contributed by atoms with Gasteiger partial charge < -0.3 is 14.2 Å². The van der Waals surface area contributed by atoms with E-state index in [0.717, 1.165) is 29.5 Å². The molecule has 1 aromatic carbocycles. The maximum Gasteiger partial charge on any atom is 0.280 e. The zero-order chi connectivity index (χ0) is 23.8. The Balaban J connectivity index is 1.60. The number of halogens is 2. The van der Waals surface area contributed by atoms with Crippen molar-refractivity contribution in [1.29, 1.82) is 0 Å². The number of nitrogens with zero attached hydrogens (tertiary/aromatic N) is 5. The summed E-state index contributed by atoms with van der Waals surface area (Å²) in [4.78, 5) is 19.8. The van der Waals surface area contributed by atoms with Gasteiger partial charge in [-0.05, 0) is 37.5 Å². The summed E-state index contributed by atoms with van der Waals surface area (Å²) in [6.07, 6.45) is 0.730. The van der Waals surface area contributed by atoms with Crippen LogP contribution >= 0.6 is 0 Å². The minimum atomic E-state index is -2.82. The number of rotatable bonds is 6. The van der Waals surface area contributed by atoms with Crippen LogP contribution in [0.4, 0.5) is 8.78 Å². The molecule has 176 valence electrons. The van der Waals surface area contributed by atoms with E-state index in [4.69, 9.17) is 9.26 Å². The molecule has 0 spiro atoms. The Morgan fingerprint density at radius 1 is 1.29 bits per heavy atom. The Morgan fingerprint density at radius 3 is 2.85 bits per heavy atom. The predicted octanol–water partition coefficient (Wildman–Crippen LogP) is 4.87. The minimum Gasteiger partial charge on any atom is -0.496 e. The molecule has 4 heterocycles. The van der Waals surface area contributed by atoms with Crippen molar-refractivity contribution < 1.29 is 22.8 Å². The lowest BCUT2D eigenvalue weighted by atomic mass is 10.1. The molecule has 1 atom stereocenters. The summed E-state index contributed by atoms with van der Waals surface area (Å²) in [5, 5.41) is 8.13. The fourth-order valence-electron chi connectivity index (χ4n) is 4.40. The zero-order valence-electron chi connectivity index (χ0n) is 18.7. The van der Waals surface area contributed by atoms with E-state index in [9.17, 15) is 13.6 Å². The van der Waals surface area contributed by atoms with Crippen molar-refractivity contribution in [2.45, 2.75) is 38.7 Å². The molecule has 1 unspecified atom stereocenters. The average Bonchev–Trinajstić information content (AvgIpc) is 3.61. The monoisotopic (exact) mass is 467 g/mol. The maximum atomic E-state index is 14.0. The third-order valence-corrected chi connectivity index (χ3v) is 6.12. The number of ether oxygens (including phenoxy) is 1. The fraction of sp³-hybridized carbons (Fsp3) is 0.333. The first-order valence-electron chi connectivity index (χ1n) is 11.1. The predicted molar refractivity (Wildman–Crippen MR) is 119 cm³/mol. The number of benzene rings is 1. The molecule has 0 bridgehead atoms. The molecule has 5 rings (SSSR count). The van der Waals surface area contributed by atoms with E-state index >= 15 is 0 Å². The van der Waals surface area contributed by atoms with Crippen LogP contribution in [-0.4, -0.2) is 44.2 Å². The number of amides is 1. The van der Waals surface area contributed by atoms with Crippen LogP contribution in [0.2, 0.25) is 0 Å². The lowest BCUT2D eigenvalue weighted by Crippen LogP contribution is -2.30. The average molecular weight is 467 g/mol. The molecule has 4 aromatic rings. The van der Waals surface area contributed by atoms with Gasteiger partial charge in [0.05, 0.1) is 30.7 Å². The van der Waals surface area contributed by atoms with Gasteiger partial charge in [0.1, 0.15) is 17.0 Å². The van der Waals surface area contributed by atoms with E-state index in [-0.39, 0.29) is 34.5 Å². The van der Waals surface area contributed by atoms with Gasteiger partial charge in [0.15, 0.2) is 11.4 Å². The quantitative estimate of drug-likeness (QED) is 0.402. The standard InChI is InChI=1S/C24H23F2N5O3/c1-3-14-11-21(34-29-14)18-8-6-10-30(18)24(32)16-13-27-31-19(22(25)26)12-17(28-23(16)31)15-7-4-5-9-20(15)33-2/h4-5,7,9,11-13,18,22H,3,6,8,10H2,1-2H3. The van der Waals surface area contributed by atoms with Crippen molar-refractivity contribution in [3.63, 3.8) is 0 Å². The largest absolute Gasteiger partial charge is 0.496 e. The zero-order valence-corrected chi connectivity index (χ0v) is 18.7. The van der Waals surface area contributed by atoms with Crippen molar-refractivity contribution >= 4 is 11.6 Å². The highest BCUT2D eigenvalue weighted by atomic mass is 19.3. The SMILES string of the molecule is CCc1cc(C2CCCN2C(=O)c2cnn3c(C(F)F)cc(-c4ccccc4OC)nc23)on1. The summed E-state index contributed by atoms with van der Waals surface area (Å²) in [5.41, 5.74) is 1.50. The number of hydrogen-bond donors (Lipinski definition) is 0. The van der Waals surface area contributed by atoms with Gasteiger partial charge in [0.2, 0.25) is 0 Å². The first-order chi connectivity index (χ1) is 16.5. The number of aromatic nitrogens is 4. The van der Waals surface area contributed by atoms with E-state index < -0.39 is 6.43 Å². The van der Waals surface area contributed by atoms with Crippen LogP contribution in [0.25, 0.3) is 16.9 Å². The third-order valence-electron chi connectivity index (χ3n) is 6.12. The van der Waals surface area contributed by atoms with Crippen LogP contribution < -0.4 is 4.74 Å². The van der Waals surface area contributed by atoms with Crippen LogP contribution in [-0.2, 0) is 6.42 Å². The van der Waals surface area contributed by atoms with Crippen LogP contribution in [0.15, 0.2) is 47.1 Å². The van der Waals surface area contributed by atoms with Crippen molar-refractivity contribution in [2.24, 2.45) is 0 Å². The highest BCUT2D eigenvalue weighted by Crippen LogP contribution is 2.36. The molecule has 0 N–H and O–H groups in total. The van der Waals surface area contributed by atoms with Crippen LogP contribution in [0.5, 0.6) is 5.75 Å². The molecule has 1 amide bonds. The topological polar surface area (TPSA) is 85.8 Å². The molecule has 8 nitrogen and oxygen atoms in total. The van der Waals surface area contributed by atoms with E-state index in [1.165, 1.54) is 19.4 Å². The van der Waals surface area contributed by atoms with Gasteiger partial charge in [-0.1, -0.05) is 24.2 Å². The number of fused-ring (bicyclic) bond motifs is 1. The van der Waals surface area contributed by atoms with Crippen LogP contribution in [0, 0.1) is 0 Å². The van der Waals surface area contributed by atoms with Crippen molar-refractivity contribution in [3.05, 3.63) is 65.3 Å². The molecule has 0 radical (unpaired) electrons. The first kappa shape index (κ1) is 22.0. The molecule has 3 aromatic heterocycles. The lowest BCUT2D eigenvalue weighted by molar-refractivity contribution is 0.0716. The number of aryl methyl sites for hydroxylation is 1. The maximum absolute atomic E-state index is 14.0. The highest BCUT2D eigenvalue weighted by molar-refractivity contribution is 6.00. The van der Waals surface area contributed by atoms with Crippen molar-refractivity contribution in [2.75, 3.05) is 13.7 Å². The molecule has 1 saturated heterocycles. The lowest BCUT2D eigenvalue weighted by Gasteiger charge is -2.22. The number of carbonyl (C=O) groups is 1. The fourth-order valence-corrected chi connectivity index (χ4v) is 4.40. The van der Waals surface area contributed by atoms with Crippen molar-refractivity contribution in [1.82, 2.24) is 24.7 Å². The summed E-state index contributed by atoms with van der Waals surface area (Å²) in [7, 11) is 1.50. The Hall–Kier alpha value is -3.82. The minimum absolute atomic E-state index is 0.0705. The molecule has 10 heteroatoms. The van der Waals surface area contributed by atoms with Crippen LogP contribution in [0.3, 0.4) is 0 Å². The molecular weight excluding hydrogens is 444 g/mol. The van der Waals surface area contributed by atoms with Gasteiger partial charge in [-0.25, -0.2) is 18.3 Å². The second kappa shape index (κ2) is 8.85. The summed E-state index contributed by atoms with van der Waals surface area (Å²) in [5.74, 6) is 0.774. The van der Waals surface area contributed by atoms with Gasteiger partial charge in [0.25, 0.3) is 12.3 Å². The van der Waals surface area contributed by atoms with Gasteiger partial charge in [-0.2, -0.15) is 5.10 Å². The molecule has 1 aliphatic rings. The molecule has 1 fully saturated rings. The van der Waals surface area contributed by atoms with E-state index in [1.54, 1.807) is 29.2 Å². The van der Waals surface area contributed by atoms with Crippen molar-refractivity contribution in [3.8, 4) is 17.0 Å². The first-order valence-corrected chi connectivity index (χ1v) is 11.1. The molecule has 1 aliphatic heterocycles. The van der Waals surface area contributed by atoms with E-state index in [0.29, 0.717) is 23.6 Å². The summed E-state index contributed by atoms with van der Waals surface area (Å²) in [6, 6.07) is 9.87. The summed E-state index contributed by atoms with van der Waals surface area (Å²) in [6.45, 7) is 2.49. The second-order valence-electron chi connectivity index (χ2n) is 8.09. The molecule has 0 saturated carbocycles. The second-order valence-corrected chi connectivity index (χ2v) is 8.09. The van der Waals surface area contributed by atoms with Crippen LogP contribution in [0.1, 0.15) is 59.7 Å². The number of likely N-dealkylation sites (tertiary alicyclic amines) is 1. The Bertz CT molecular complexity index is 1350. The van der Waals surface area contributed by atoms with Gasteiger partial charge in [-0.3, -0.25) is 4.79 Å². The highest BCUT2D eigenvalue weighted by Gasteiger charge is 2.35. The number of alkyl halides is 2. The summed E-state index contributed by atoms with van der Waals surface area (Å²) < 4.78 is 39.8. The molecule has 0 aliphatic carbocycles. The number of carbonyl (C=O) groups excluding carboxylic acids is 1. The van der Waals surface area contributed by atoms with E-state index in [1.807, 2.05) is 13.0 Å². The molecule has 34 heavy (non-hydrogen) atoms. The Morgan fingerprint density at radius 2 is 2.12 bits per heavy atom.